The normalized spacial score (nSPS) is 10.8. The van der Waals surface area contributed by atoms with Crippen molar-refractivity contribution < 1.29 is 28.5 Å². The number of aromatic nitrogens is 3. The number of hydrogen-bond acceptors (Lipinski definition) is 8. The minimum absolute atomic E-state index is 0.169. The number of nitrogens with one attached hydrogen (secondary N) is 1. The summed E-state index contributed by atoms with van der Waals surface area (Å²) >= 11 is 0. The Bertz CT molecular complexity index is 1740. The zero-order chi connectivity index (χ0) is 30.9. The number of benzene rings is 4. The monoisotopic (exact) mass is 592 g/mol. The van der Waals surface area contributed by atoms with Crippen LogP contribution in [0.15, 0.2) is 91.1 Å². The molecule has 0 saturated heterocycles. The van der Waals surface area contributed by atoms with Crippen LogP contribution < -0.4 is 29.0 Å². The molecule has 0 fully saturated rings. The molecule has 0 saturated carbocycles. The van der Waals surface area contributed by atoms with E-state index >= 15 is 0 Å². The van der Waals surface area contributed by atoms with E-state index in [1.807, 2.05) is 91.0 Å². The summed E-state index contributed by atoms with van der Waals surface area (Å²) < 4.78 is 29.3. The van der Waals surface area contributed by atoms with E-state index in [9.17, 15) is 4.79 Å². The molecule has 0 atom stereocenters. The van der Waals surface area contributed by atoms with Gasteiger partial charge in [-0.2, -0.15) is 0 Å². The van der Waals surface area contributed by atoms with E-state index in [0.717, 1.165) is 22.4 Å². The predicted octanol–water partition coefficient (Wildman–Crippen LogP) is 6.58. The topological polar surface area (TPSA) is 106 Å². The van der Waals surface area contributed by atoms with Crippen LogP contribution in [0.5, 0.6) is 34.5 Å². The number of carbonyl (C=O) groups excluding carboxylic acids is 1. The van der Waals surface area contributed by atoms with Crippen LogP contribution in [0.2, 0.25) is 0 Å². The number of anilines is 1. The summed E-state index contributed by atoms with van der Waals surface area (Å²) in [6.45, 7) is 0.413. The molecule has 0 aliphatic carbocycles. The summed E-state index contributed by atoms with van der Waals surface area (Å²) in [5, 5.41) is 11.1. The van der Waals surface area contributed by atoms with Gasteiger partial charge >= 0.3 is 0 Å². The van der Waals surface area contributed by atoms with Gasteiger partial charge in [0.1, 0.15) is 17.2 Å². The van der Waals surface area contributed by atoms with Crippen molar-refractivity contribution in [2.45, 2.75) is 6.54 Å². The molecule has 1 heterocycles. The molecule has 1 aromatic heterocycles. The van der Waals surface area contributed by atoms with Gasteiger partial charge in [0.2, 0.25) is 5.75 Å². The average molecular weight is 593 g/mol. The number of methoxy groups -OCH3 is 4. The first kappa shape index (κ1) is 29.7. The number of nitrogens with zero attached hydrogens (tertiary/aromatic N) is 3. The molecule has 224 valence electrons. The molecular formula is C34H32N4O6. The highest BCUT2D eigenvalue weighted by Gasteiger charge is 2.15. The lowest BCUT2D eigenvalue weighted by atomic mass is 10.1. The molecule has 0 aliphatic rings. The Kier molecular flexibility index (Phi) is 9.41. The van der Waals surface area contributed by atoms with Gasteiger partial charge in [-0.15, -0.1) is 5.10 Å². The van der Waals surface area contributed by atoms with Gasteiger partial charge in [-0.05, 0) is 65.2 Å². The van der Waals surface area contributed by atoms with Gasteiger partial charge in [-0.1, -0.05) is 53.8 Å². The molecule has 5 aromatic rings. The van der Waals surface area contributed by atoms with Gasteiger partial charge in [0.05, 0.1) is 46.9 Å². The van der Waals surface area contributed by atoms with E-state index in [2.05, 4.69) is 15.6 Å². The smallest absolute Gasteiger partial charge is 0.277 e. The third-order valence-corrected chi connectivity index (χ3v) is 6.62. The summed E-state index contributed by atoms with van der Waals surface area (Å²) in [6, 6.07) is 26.4. The highest BCUT2D eigenvalue weighted by molar-refractivity contribution is 6.03. The van der Waals surface area contributed by atoms with Gasteiger partial charge in [0.15, 0.2) is 17.2 Å². The zero-order valence-corrected chi connectivity index (χ0v) is 24.8. The van der Waals surface area contributed by atoms with E-state index in [4.69, 9.17) is 23.7 Å². The summed E-state index contributed by atoms with van der Waals surface area (Å²) in [6.07, 6.45) is 5.41. The maximum absolute atomic E-state index is 13.1. The first-order valence-corrected chi connectivity index (χ1v) is 13.7. The molecule has 0 radical (unpaired) electrons. The molecule has 0 unspecified atom stereocenters. The highest BCUT2D eigenvalue weighted by atomic mass is 16.5. The Labute approximate surface area is 255 Å². The first-order chi connectivity index (χ1) is 21.5. The van der Waals surface area contributed by atoms with Crippen molar-refractivity contribution in [3.8, 4) is 34.5 Å². The second-order valence-corrected chi connectivity index (χ2v) is 9.57. The van der Waals surface area contributed by atoms with Gasteiger partial charge in [0.25, 0.3) is 5.91 Å². The fraction of sp³-hybridized carbons (Fsp3) is 0.147. The minimum Gasteiger partial charge on any atom is -0.495 e. The minimum atomic E-state index is -0.415. The van der Waals surface area contributed by atoms with Crippen molar-refractivity contribution in [2.75, 3.05) is 33.8 Å². The second-order valence-electron chi connectivity index (χ2n) is 9.57. The molecule has 0 spiro atoms. The molecule has 5 rings (SSSR count). The molecular weight excluding hydrogens is 560 g/mol. The third-order valence-electron chi connectivity index (χ3n) is 6.62. The maximum atomic E-state index is 13.1. The number of amides is 1. The fourth-order valence-electron chi connectivity index (χ4n) is 4.50. The quantitative estimate of drug-likeness (QED) is 0.162. The van der Waals surface area contributed by atoms with Crippen molar-refractivity contribution in [2.24, 2.45) is 0 Å². The standard InChI is InChI=1S/C34H32N4O6/c1-40-30-16-15-23(13-14-24-19-31(41-2)33(43-4)32(20-24)42-3)18-28(30)35-34(39)29-22-38(37-36-29)21-25-9-8-12-27(17-25)44-26-10-6-5-7-11-26/h5-20,22H,21H2,1-4H3,(H,35,39)/b14-13-. The average Bonchev–Trinajstić information content (AvgIpc) is 3.52. The zero-order valence-electron chi connectivity index (χ0n) is 24.8. The number of rotatable bonds is 12. The fourth-order valence-corrected chi connectivity index (χ4v) is 4.50. The van der Waals surface area contributed by atoms with Crippen LogP contribution in [0.25, 0.3) is 12.2 Å². The van der Waals surface area contributed by atoms with Crippen molar-refractivity contribution >= 4 is 23.7 Å². The van der Waals surface area contributed by atoms with E-state index in [0.29, 0.717) is 41.0 Å². The number of ether oxygens (including phenoxy) is 5. The van der Waals surface area contributed by atoms with Crippen LogP contribution >= 0.6 is 0 Å². The highest BCUT2D eigenvalue weighted by Crippen LogP contribution is 2.38. The van der Waals surface area contributed by atoms with Gasteiger partial charge in [-0.3, -0.25) is 4.79 Å². The van der Waals surface area contributed by atoms with Crippen molar-refractivity contribution in [3.05, 3.63) is 114 Å². The number of para-hydroxylation sites is 1. The first-order valence-electron chi connectivity index (χ1n) is 13.7. The summed E-state index contributed by atoms with van der Waals surface area (Å²) in [7, 11) is 6.25. The maximum Gasteiger partial charge on any atom is 0.277 e. The summed E-state index contributed by atoms with van der Waals surface area (Å²) in [5.41, 5.74) is 3.28. The van der Waals surface area contributed by atoms with Crippen LogP contribution in [-0.2, 0) is 6.54 Å². The lowest BCUT2D eigenvalue weighted by Gasteiger charge is -2.13. The Morgan fingerprint density at radius 2 is 1.45 bits per heavy atom. The lowest BCUT2D eigenvalue weighted by Crippen LogP contribution is -2.13. The third kappa shape index (κ3) is 7.16. The molecule has 1 N–H and O–H groups in total. The van der Waals surface area contributed by atoms with Crippen molar-refractivity contribution in [1.29, 1.82) is 0 Å². The molecule has 0 aliphatic heterocycles. The van der Waals surface area contributed by atoms with Gasteiger partial charge < -0.3 is 29.0 Å². The Morgan fingerprint density at radius 1 is 0.750 bits per heavy atom. The van der Waals surface area contributed by atoms with Crippen molar-refractivity contribution in [1.82, 2.24) is 15.0 Å². The Hall–Kier alpha value is -5.77. The van der Waals surface area contributed by atoms with Crippen LogP contribution in [0, 0.1) is 0 Å². The van der Waals surface area contributed by atoms with E-state index in [1.54, 1.807) is 45.4 Å². The van der Waals surface area contributed by atoms with Crippen LogP contribution in [0.1, 0.15) is 27.2 Å². The molecule has 1 amide bonds. The molecule has 44 heavy (non-hydrogen) atoms. The molecule has 0 bridgehead atoms. The van der Waals surface area contributed by atoms with Crippen LogP contribution in [0.3, 0.4) is 0 Å². The van der Waals surface area contributed by atoms with Crippen LogP contribution in [0.4, 0.5) is 5.69 Å². The van der Waals surface area contributed by atoms with E-state index in [1.165, 1.54) is 0 Å². The number of hydrogen-bond donors (Lipinski definition) is 1. The van der Waals surface area contributed by atoms with E-state index in [-0.39, 0.29) is 5.69 Å². The second kappa shape index (κ2) is 13.9. The SMILES string of the molecule is COc1ccc(/C=C\c2cc(OC)c(OC)c(OC)c2)cc1NC(=O)c1cn(Cc2cccc(Oc3ccccc3)c2)nn1. The molecule has 4 aromatic carbocycles. The lowest BCUT2D eigenvalue weighted by molar-refractivity contribution is 0.102. The summed E-state index contributed by atoms with van der Waals surface area (Å²) in [5.74, 6) is 3.17. The number of carbonyl (C=O) groups is 1. The van der Waals surface area contributed by atoms with Crippen molar-refractivity contribution in [3.63, 3.8) is 0 Å². The van der Waals surface area contributed by atoms with E-state index < -0.39 is 5.91 Å². The Morgan fingerprint density at radius 3 is 2.16 bits per heavy atom. The Balaban J connectivity index is 1.28. The summed E-state index contributed by atoms with van der Waals surface area (Å²) in [4.78, 5) is 13.1. The largest absolute Gasteiger partial charge is 0.495 e. The molecule has 10 heteroatoms. The van der Waals surface area contributed by atoms with Crippen LogP contribution in [-0.4, -0.2) is 49.3 Å². The molecule has 10 nitrogen and oxygen atoms in total. The predicted molar refractivity (Wildman–Crippen MR) is 168 cm³/mol. The van der Waals surface area contributed by atoms with Gasteiger partial charge in [-0.25, -0.2) is 4.68 Å². The van der Waals surface area contributed by atoms with Gasteiger partial charge in [0, 0.05) is 0 Å².